The van der Waals surface area contributed by atoms with Crippen LogP contribution in [-0.4, -0.2) is 66.3 Å². The molecule has 2 atom stereocenters. The number of halogens is 3. The second kappa shape index (κ2) is 5.81. The summed E-state index contributed by atoms with van der Waals surface area (Å²) >= 11 is 0. The van der Waals surface area contributed by atoms with Crippen molar-refractivity contribution in [3.8, 4) is 0 Å². The molecule has 2 aliphatic heterocycles. The van der Waals surface area contributed by atoms with Gasteiger partial charge in [-0.1, -0.05) is 6.42 Å². The van der Waals surface area contributed by atoms with Crippen molar-refractivity contribution in [3.63, 3.8) is 0 Å². The summed E-state index contributed by atoms with van der Waals surface area (Å²) in [5, 5.41) is 0. The molecule has 2 heterocycles. The summed E-state index contributed by atoms with van der Waals surface area (Å²) in [5.41, 5.74) is 0. The highest BCUT2D eigenvalue weighted by Gasteiger charge is 2.54. The zero-order chi connectivity index (χ0) is 14.9. The SMILES string of the molecule is CN1CCC(=O)C(=O)C1C(N1CCCCC1)C(F)(F)F. The van der Waals surface area contributed by atoms with E-state index < -0.39 is 29.8 Å². The number of carbonyl (C=O) groups excluding carboxylic acids is 2. The summed E-state index contributed by atoms with van der Waals surface area (Å²) in [6.45, 7) is 0.863. The van der Waals surface area contributed by atoms with Crippen LogP contribution in [0.5, 0.6) is 0 Å². The first kappa shape index (κ1) is 15.4. The standard InChI is InChI=1S/C13H19F3N2O2/c1-17-8-5-9(19)11(20)10(17)12(13(14,15)16)18-6-3-2-4-7-18/h10,12H,2-8H2,1H3. The van der Waals surface area contributed by atoms with Crippen LogP contribution in [0.2, 0.25) is 0 Å². The Labute approximate surface area is 115 Å². The molecule has 20 heavy (non-hydrogen) atoms. The predicted molar refractivity (Wildman–Crippen MR) is 66.3 cm³/mol. The molecule has 2 unspecified atom stereocenters. The van der Waals surface area contributed by atoms with E-state index in [4.69, 9.17) is 0 Å². The number of carbonyl (C=O) groups is 2. The number of likely N-dealkylation sites (tertiary alicyclic amines) is 2. The number of hydrogen-bond donors (Lipinski definition) is 0. The molecule has 0 N–H and O–H groups in total. The molecule has 0 aromatic carbocycles. The maximum atomic E-state index is 13.4. The first-order valence-electron chi connectivity index (χ1n) is 6.90. The van der Waals surface area contributed by atoms with Crippen molar-refractivity contribution in [2.75, 3.05) is 26.7 Å². The van der Waals surface area contributed by atoms with Gasteiger partial charge in [0.15, 0.2) is 0 Å². The zero-order valence-corrected chi connectivity index (χ0v) is 11.4. The zero-order valence-electron chi connectivity index (χ0n) is 11.4. The Morgan fingerprint density at radius 2 is 1.70 bits per heavy atom. The van der Waals surface area contributed by atoms with Gasteiger partial charge in [-0.05, 0) is 33.0 Å². The van der Waals surface area contributed by atoms with Crippen LogP contribution in [0.1, 0.15) is 25.7 Å². The second-order valence-corrected chi connectivity index (χ2v) is 5.55. The smallest absolute Gasteiger partial charge is 0.294 e. The molecular formula is C13H19F3N2O2. The fraction of sp³-hybridized carbons (Fsp3) is 0.846. The fourth-order valence-corrected chi connectivity index (χ4v) is 3.07. The van der Waals surface area contributed by atoms with Gasteiger partial charge in [-0.25, -0.2) is 0 Å². The summed E-state index contributed by atoms with van der Waals surface area (Å²) in [7, 11) is 1.48. The van der Waals surface area contributed by atoms with Gasteiger partial charge in [0.25, 0.3) is 0 Å². The van der Waals surface area contributed by atoms with E-state index in [1.165, 1.54) is 16.8 Å². The van der Waals surface area contributed by atoms with Gasteiger partial charge in [-0.3, -0.25) is 19.4 Å². The third kappa shape index (κ3) is 3.03. The van der Waals surface area contributed by atoms with Crippen LogP contribution in [0.25, 0.3) is 0 Å². The van der Waals surface area contributed by atoms with Crippen molar-refractivity contribution in [3.05, 3.63) is 0 Å². The molecule has 2 rings (SSSR count). The van der Waals surface area contributed by atoms with Gasteiger partial charge < -0.3 is 0 Å². The lowest BCUT2D eigenvalue weighted by atomic mass is 9.91. The molecule has 114 valence electrons. The topological polar surface area (TPSA) is 40.6 Å². The van der Waals surface area contributed by atoms with Crippen LogP contribution in [0.3, 0.4) is 0 Å². The van der Waals surface area contributed by atoms with E-state index >= 15 is 0 Å². The van der Waals surface area contributed by atoms with Gasteiger partial charge in [-0.15, -0.1) is 0 Å². The summed E-state index contributed by atoms with van der Waals surface area (Å²) in [4.78, 5) is 26.1. The Kier molecular flexibility index (Phi) is 4.49. The van der Waals surface area contributed by atoms with Crippen LogP contribution in [0, 0.1) is 0 Å². The molecule has 0 bridgehead atoms. The van der Waals surface area contributed by atoms with E-state index in [-0.39, 0.29) is 13.0 Å². The first-order valence-corrected chi connectivity index (χ1v) is 6.90. The van der Waals surface area contributed by atoms with Crippen LogP contribution >= 0.6 is 0 Å². The Hall–Kier alpha value is -0.950. The third-order valence-corrected chi connectivity index (χ3v) is 4.13. The molecule has 0 radical (unpaired) electrons. The molecule has 0 aromatic rings. The third-order valence-electron chi connectivity index (χ3n) is 4.13. The van der Waals surface area contributed by atoms with E-state index in [1.54, 1.807) is 0 Å². The Balaban J connectivity index is 2.29. The fourth-order valence-electron chi connectivity index (χ4n) is 3.07. The van der Waals surface area contributed by atoms with Gasteiger partial charge in [0.2, 0.25) is 11.6 Å². The molecule has 7 heteroatoms. The lowest BCUT2D eigenvalue weighted by molar-refractivity contribution is -0.204. The van der Waals surface area contributed by atoms with Crippen molar-refractivity contribution in [1.82, 2.24) is 9.80 Å². The Morgan fingerprint density at radius 3 is 2.25 bits per heavy atom. The minimum absolute atomic E-state index is 0.0103. The lowest BCUT2D eigenvalue weighted by Gasteiger charge is -2.43. The summed E-state index contributed by atoms with van der Waals surface area (Å²) in [6, 6.07) is -3.26. The van der Waals surface area contributed by atoms with Crippen molar-refractivity contribution in [2.45, 2.75) is 43.9 Å². The van der Waals surface area contributed by atoms with Crippen molar-refractivity contribution >= 4 is 11.6 Å². The number of nitrogens with zero attached hydrogens (tertiary/aromatic N) is 2. The predicted octanol–water partition coefficient (Wildman–Crippen LogP) is 1.25. The van der Waals surface area contributed by atoms with Gasteiger partial charge in [-0.2, -0.15) is 13.2 Å². The van der Waals surface area contributed by atoms with E-state index in [0.29, 0.717) is 25.9 Å². The van der Waals surface area contributed by atoms with Gasteiger partial charge in [0, 0.05) is 13.0 Å². The number of alkyl halides is 3. The van der Waals surface area contributed by atoms with Crippen LogP contribution in [0.4, 0.5) is 13.2 Å². The van der Waals surface area contributed by atoms with Crippen LogP contribution in [0.15, 0.2) is 0 Å². The molecule has 4 nitrogen and oxygen atoms in total. The maximum Gasteiger partial charge on any atom is 0.406 e. The minimum atomic E-state index is -4.51. The monoisotopic (exact) mass is 292 g/mol. The lowest BCUT2D eigenvalue weighted by Crippen LogP contribution is -2.64. The summed E-state index contributed by atoms with van der Waals surface area (Å²) in [5.74, 6) is -1.58. The second-order valence-electron chi connectivity index (χ2n) is 5.55. The molecule has 0 aromatic heterocycles. The molecule has 2 fully saturated rings. The number of Topliss-reactive ketones (excluding diaryl/α,β-unsaturated/α-hetero) is 2. The summed E-state index contributed by atoms with van der Waals surface area (Å²) < 4.78 is 40.3. The van der Waals surface area contributed by atoms with Gasteiger partial charge in [0.1, 0.15) is 12.1 Å². The van der Waals surface area contributed by atoms with Crippen LogP contribution < -0.4 is 0 Å². The number of hydrogen-bond acceptors (Lipinski definition) is 4. The number of ketones is 2. The summed E-state index contributed by atoms with van der Waals surface area (Å²) in [6.07, 6.45) is -2.19. The van der Waals surface area contributed by atoms with Crippen molar-refractivity contribution < 1.29 is 22.8 Å². The van der Waals surface area contributed by atoms with E-state index in [2.05, 4.69) is 0 Å². The highest BCUT2D eigenvalue weighted by atomic mass is 19.4. The molecule has 2 saturated heterocycles. The molecule has 0 spiro atoms. The number of likely N-dealkylation sites (N-methyl/N-ethyl adjacent to an activating group) is 1. The highest BCUT2D eigenvalue weighted by Crippen LogP contribution is 2.32. The number of piperidine rings is 2. The van der Waals surface area contributed by atoms with Gasteiger partial charge in [0.05, 0.1) is 0 Å². The molecule has 0 aliphatic carbocycles. The largest absolute Gasteiger partial charge is 0.406 e. The number of rotatable bonds is 2. The van der Waals surface area contributed by atoms with E-state index in [0.717, 1.165) is 6.42 Å². The average molecular weight is 292 g/mol. The quantitative estimate of drug-likeness (QED) is 0.718. The molecular weight excluding hydrogens is 273 g/mol. The first-order chi connectivity index (χ1) is 9.32. The van der Waals surface area contributed by atoms with E-state index in [9.17, 15) is 22.8 Å². The molecule has 2 aliphatic rings. The van der Waals surface area contributed by atoms with Crippen LogP contribution in [-0.2, 0) is 9.59 Å². The van der Waals surface area contributed by atoms with Gasteiger partial charge >= 0.3 is 6.18 Å². The Bertz CT molecular complexity index is 392. The molecule has 0 saturated carbocycles. The molecule has 0 amide bonds. The highest BCUT2D eigenvalue weighted by molar-refractivity contribution is 6.39. The van der Waals surface area contributed by atoms with Crippen molar-refractivity contribution in [1.29, 1.82) is 0 Å². The van der Waals surface area contributed by atoms with Crippen molar-refractivity contribution in [2.24, 2.45) is 0 Å². The average Bonchev–Trinajstić information content (AvgIpc) is 2.39. The Morgan fingerprint density at radius 1 is 1.10 bits per heavy atom. The van der Waals surface area contributed by atoms with E-state index in [1.807, 2.05) is 0 Å². The maximum absolute atomic E-state index is 13.4. The normalized spacial score (nSPS) is 28.7. The minimum Gasteiger partial charge on any atom is -0.294 e.